The third kappa shape index (κ3) is 4.65. The van der Waals surface area contributed by atoms with Crippen LogP contribution in [0.2, 0.25) is 5.02 Å². The highest BCUT2D eigenvalue weighted by molar-refractivity contribution is 6.30. The van der Waals surface area contributed by atoms with E-state index in [1.54, 1.807) is 12.1 Å². The average molecular weight is 352 g/mol. The molecule has 1 aromatic carbocycles. The molecule has 0 spiro atoms. The van der Waals surface area contributed by atoms with Crippen molar-refractivity contribution in [3.05, 3.63) is 46.5 Å². The summed E-state index contributed by atoms with van der Waals surface area (Å²) in [7, 11) is 0. The van der Waals surface area contributed by atoms with Gasteiger partial charge in [-0.25, -0.2) is 4.39 Å². The van der Waals surface area contributed by atoms with Crippen LogP contribution in [-0.4, -0.2) is 52.9 Å². The zero-order valence-corrected chi connectivity index (χ0v) is 13.4. The number of rotatable bonds is 5. The molecule has 4 nitrogen and oxygen atoms in total. The van der Waals surface area contributed by atoms with E-state index in [2.05, 4.69) is 5.32 Å². The lowest BCUT2D eigenvalue weighted by atomic mass is 9.88. The minimum absolute atomic E-state index is 0. The fourth-order valence-electron chi connectivity index (χ4n) is 2.38. The summed E-state index contributed by atoms with van der Waals surface area (Å²) in [4.78, 5) is 0. The van der Waals surface area contributed by atoms with Crippen molar-refractivity contribution in [1.82, 2.24) is 5.32 Å². The minimum atomic E-state index is -1.38. The first-order valence-corrected chi connectivity index (χ1v) is 7.19. The van der Waals surface area contributed by atoms with Gasteiger partial charge in [-0.3, -0.25) is 0 Å². The van der Waals surface area contributed by atoms with E-state index in [1.807, 2.05) is 12.1 Å². The molecule has 0 saturated carbocycles. The molecule has 1 aliphatic carbocycles. The van der Waals surface area contributed by atoms with Crippen LogP contribution < -0.4 is 5.32 Å². The Morgan fingerprint density at radius 2 is 1.73 bits per heavy atom. The second-order valence-corrected chi connectivity index (χ2v) is 5.59. The molecule has 2 rings (SSSR count). The highest BCUT2D eigenvalue weighted by Crippen LogP contribution is 2.20. The summed E-state index contributed by atoms with van der Waals surface area (Å²) >= 11 is 5.80. The molecule has 0 unspecified atom stereocenters. The Balaban J connectivity index is 0.00000242. The van der Waals surface area contributed by atoms with Crippen LogP contribution in [0.25, 0.3) is 0 Å². The van der Waals surface area contributed by atoms with Gasteiger partial charge in [-0.2, -0.15) is 0 Å². The molecule has 22 heavy (non-hydrogen) atoms. The van der Waals surface area contributed by atoms with Gasteiger partial charge in [-0.15, -0.1) is 12.4 Å². The molecule has 124 valence electrons. The fraction of sp³-hybridized carbons (Fsp3) is 0.467. The summed E-state index contributed by atoms with van der Waals surface area (Å²) in [5, 5.41) is 32.9. The first-order valence-electron chi connectivity index (χ1n) is 6.81. The van der Waals surface area contributed by atoms with Gasteiger partial charge in [-0.05, 0) is 36.2 Å². The van der Waals surface area contributed by atoms with Crippen molar-refractivity contribution in [3.8, 4) is 0 Å². The molecular weight excluding hydrogens is 332 g/mol. The molecule has 7 heteroatoms. The van der Waals surface area contributed by atoms with Gasteiger partial charge < -0.3 is 20.6 Å². The van der Waals surface area contributed by atoms with E-state index < -0.39 is 31.0 Å². The van der Waals surface area contributed by atoms with Crippen molar-refractivity contribution >= 4 is 24.0 Å². The van der Waals surface area contributed by atoms with Crippen LogP contribution in [0.4, 0.5) is 4.39 Å². The normalized spacial score (nSPS) is 28.0. The fourth-order valence-corrected chi connectivity index (χ4v) is 2.51. The van der Waals surface area contributed by atoms with Crippen molar-refractivity contribution in [2.75, 3.05) is 13.2 Å². The molecule has 0 saturated heterocycles. The molecule has 1 aromatic rings. The number of alkyl halides is 1. The Hall–Kier alpha value is -0.690. The third-order valence-electron chi connectivity index (χ3n) is 3.68. The van der Waals surface area contributed by atoms with Crippen molar-refractivity contribution in [1.29, 1.82) is 0 Å². The lowest BCUT2D eigenvalue weighted by Gasteiger charge is -2.34. The average Bonchev–Trinajstić information content (AvgIpc) is 2.49. The summed E-state index contributed by atoms with van der Waals surface area (Å²) in [5.41, 5.74) is 1.17. The van der Waals surface area contributed by atoms with E-state index in [1.165, 1.54) is 6.08 Å². The van der Waals surface area contributed by atoms with Gasteiger partial charge in [0, 0.05) is 5.02 Å². The van der Waals surface area contributed by atoms with E-state index >= 15 is 0 Å². The van der Waals surface area contributed by atoms with Crippen LogP contribution in [-0.2, 0) is 6.42 Å². The number of aliphatic hydroxyl groups is 3. The molecule has 0 aromatic heterocycles. The van der Waals surface area contributed by atoms with Crippen LogP contribution in [0, 0.1) is 0 Å². The summed E-state index contributed by atoms with van der Waals surface area (Å²) in [5.74, 6) is 0. The van der Waals surface area contributed by atoms with Gasteiger partial charge in [0.2, 0.25) is 0 Å². The van der Waals surface area contributed by atoms with Crippen molar-refractivity contribution in [2.45, 2.75) is 30.8 Å². The van der Waals surface area contributed by atoms with Gasteiger partial charge in [0.05, 0.1) is 6.04 Å². The summed E-state index contributed by atoms with van der Waals surface area (Å²) in [6.45, 7) is -0.303. The first kappa shape index (κ1) is 19.4. The number of aliphatic hydroxyl groups excluding tert-OH is 3. The largest absolute Gasteiger partial charge is 0.388 e. The van der Waals surface area contributed by atoms with E-state index in [9.17, 15) is 19.7 Å². The first-order chi connectivity index (χ1) is 10.0. The molecule has 4 N–H and O–H groups in total. The number of halogens is 3. The van der Waals surface area contributed by atoms with Gasteiger partial charge >= 0.3 is 0 Å². The third-order valence-corrected chi connectivity index (χ3v) is 3.93. The summed E-state index contributed by atoms with van der Waals surface area (Å²) in [6.07, 6.45) is -1.74. The Bertz CT molecular complexity index is 498. The Morgan fingerprint density at radius 1 is 1.09 bits per heavy atom. The van der Waals surface area contributed by atoms with E-state index in [4.69, 9.17) is 11.6 Å². The van der Waals surface area contributed by atoms with Gasteiger partial charge in [0.1, 0.15) is 25.0 Å². The molecule has 0 radical (unpaired) electrons. The topological polar surface area (TPSA) is 72.7 Å². The number of hydrogen-bond donors (Lipinski definition) is 4. The van der Waals surface area contributed by atoms with Gasteiger partial charge in [0.25, 0.3) is 0 Å². The lowest BCUT2D eigenvalue weighted by molar-refractivity contribution is -0.0628. The van der Waals surface area contributed by atoms with Crippen LogP contribution in [0.3, 0.4) is 0 Å². The Kier molecular flexibility index (Phi) is 7.76. The zero-order valence-electron chi connectivity index (χ0n) is 11.8. The van der Waals surface area contributed by atoms with Crippen molar-refractivity contribution < 1.29 is 19.7 Å². The predicted molar refractivity (Wildman–Crippen MR) is 86.3 cm³/mol. The highest BCUT2D eigenvalue weighted by Gasteiger charge is 2.36. The molecule has 4 atom stereocenters. The quantitative estimate of drug-likeness (QED) is 0.602. The highest BCUT2D eigenvalue weighted by atomic mass is 35.5. The Labute approximate surface area is 140 Å². The monoisotopic (exact) mass is 351 g/mol. The van der Waals surface area contributed by atoms with E-state index in [0.717, 1.165) is 5.56 Å². The van der Waals surface area contributed by atoms with Crippen LogP contribution in [0.5, 0.6) is 0 Å². The maximum atomic E-state index is 12.8. The lowest BCUT2D eigenvalue weighted by Crippen LogP contribution is -2.54. The van der Waals surface area contributed by atoms with Crippen molar-refractivity contribution in [2.24, 2.45) is 0 Å². The van der Waals surface area contributed by atoms with E-state index in [-0.39, 0.29) is 18.0 Å². The Morgan fingerprint density at radius 3 is 2.32 bits per heavy atom. The maximum absolute atomic E-state index is 12.8. The van der Waals surface area contributed by atoms with Crippen LogP contribution >= 0.6 is 24.0 Å². The molecule has 0 amide bonds. The maximum Gasteiger partial charge on any atom is 0.113 e. The molecule has 1 aliphatic rings. The number of benzene rings is 1. The molecule has 0 bridgehead atoms. The van der Waals surface area contributed by atoms with Crippen molar-refractivity contribution in [3.63, 3.8) is 0 Å². The molecular formula is C15H20Cl2FNO3. The van der Waals surface area contributed by atoms with Gasteiger partial charge in [-0.1, -0.05) is 29.8 Å². The van der Waals surface area contributed by atoms with Crippen LogP contribution in [0.1, 0.15) is 5.56 Å². The number of nitrogens with one attached hydrogen (secondary N) is 1. The number of hydrogen-bond acceptors (Lipinski definition) is 4. The SMILES string of the molecule is Cl.O[C@@H]1[C@@H](O)[C@@H](O)C(CF)=C[C@H]1NCCc1ccc(Cl)cc1. The second kappa shape index (κ2) is 8.82. The van der Waals surface area contributed by atoms with Crippen LogP contribution in [0.15, 0.2) is 35.9 Å². The molecule has 0 heterocycles. The standard InChI is InChI=1S/C15H19ClFNO3.ClH/c16-11-3-1-9(2-4-11)5-6-18-12-7-10(8-17)13(19)15(21)14(12)20;/h1-4,7,12-15,18-21H,5-6,8H2;1H/t12-,13+,14+,15+;/m1./s1. The smallest absolute Gasteiger partial charge is 0.113 e. The predicted octanol–water partition coefficient (Wildman–Crippen LogP) is 1.25. The zero-order chi connectivity index (χ0) is 15.4. The minimum Gasteiger partial charge on any atom is -0.388 e. The summed E-state index contributed by atoms with van der Waals surface area (Å²) < 4.78 is 12.8. The summed E-state index contributed by atoms with van der Waals surface area (Å²) in [6, 6.07) is 6.83. The molecule has 0 aliphatic heterocycles. The second-order valence-electron chi connectivity index (χ2n) is 5.16. The molecule has 0 fully saturated rings. The van der Waals surface area contributed by atoms with Gasteiger partial charge in [0.15, 0.2) is 0 Å². The van der Waals surface area contributed by atoms with E-state index in [0.29, 0.717) is 18.0 Å².